The maximum Gasteiger partial charge on any atom is 0.305 e. The molecule has 5 rings (SSSR count). The fraction of sp³-hybridized carbons (Fsp3) is 0.480. The molecular weight excluding hydrogens is 643 g/mol. The third kappa shape index (κ3) is 3.76. The van der Waals surface area contributed by atoms with Gasteiger partial charge in [-0.2, -0.15) is 0 Å². The average Bonchev–Trinajstić information content (AvgIpc) is 3.22. The molecule has 0 spiro atoms. The number of phenols is 1. The Kier molecular flexibility index (Phi) is 6.97. The van der Waals surface area contributed by atoms with Crippen LogP contribution < -0.4 is 4.74 Å². The van der Waals surface area contributed by atoms with E-state index in [1.807, 2.05) is 0 Å². The zero-order chi connectivity index (χ0) is 28.6. The lowest BCUT2D eigenvalue weighted by Crippen LogP contribution is -2.60. The van der Waals surface area contributed by atoms with Gasteiger partial charge in [-0.15, -0.1) is 23.2 Å². The highest BCUT2D eigenvalue weighted by Gasteiger charge is 2.76. The number of nitrogens with zero attached hydrogens (tertiary/aromatic N) is 2. The van der Waals surface area contributed by atoms with Crippen LogP contribution in [0, 0.1) is 17.8 Å². The number of benzene rings is 1. The second-order valence-corrected chi connectivity index (χ2v) is 12.2. The fourth-order valence-electron chi connectivity index (χ4n) is 6.54. The van der Waals surface area contributed by atoms with E-state index in [1.54, 1.807) is 6.08 Å². The maximum absolute atomic E-state index is 13.8. The smallest absolute Gasteiger partial charge is 0.305 e. The Morgan fingerprint density at radius 3 is 2.44 bits per heavy atom. The molecule has 6 unspecified atom stereocenters. The summed E-state index contributed by atoms with van der Waals surface area (Å²) in [6, 6.07) is 2.84. The zero-order valence-electron chi connectivity index (χ0n) is 20.3. The Hall–Kier alpha value is -2.34. The van der Waals surface area contributed by atoms with Crippen molar-refractivity contribution in [1.82, 2.24) is 9.80 Å². The van der Waals surface area contributed by atoms with Crippen molar-refractivity contribution in [3.8, 4) is 11.5 Å². The van der Waals surface area contributed by atoms with Crippen molar-refractivity contribution in [1.29, 1.82) is 0 Å². The van der Waals surface area contributed by atoms with E-state index in [-0.39, 0.29) is 41.4 Å². The minimum Gasteiger partial charge on any atom is -0.503 e. The number of allylic oxidation sites excluding steroid dienone is 2. The van der Waals surface area contributed by atoms with Gasteiger partial charge < -0.3 is 14.9 Å². The van der Waals surface area contributed by atoms with E-state index in [0.29, 0.717) is 11.1 Å². The van der Waals surface area contributed by atoms with Gasteiger partial charge in [0.1, 0.15) is 0 Å². The highest BCUT2D eigenvalue weighted by molar-refractivity contribution is 9.09. The van der Waals surface area contributed by atoms with Crippen LogP contribution in [0.3, 0.4) is 0 Å². The number of aromatic hydroxyl groups is 1. The van der Waals surface area contributed by atoms with Crippen LogP contribution in [0.1, 0.15) is 30.7 Å². The lowest BCUT2D eigenvalue weighted by atomic mass is 9.56. The monoisotopic (exact) mass is 662 g/mol. The van der Waals surface area contributed by atoms with Crippen molar-refractivity contribution in [2.24, 2.45) is 17.8 Å². The standard InChI is InChI=1S/C25H22BrCl3N2O8/c1-39-15-7-10(6-14(27)19(15)34)18-11-2-3-12-17(21(36)30(20(12)35)5-4-16(32)33)13(11)8-24(28)22(37)31(9-26)23(38)25(18,24)29/h2,6-7,12-13,17-18,34H,3-5,8-9H2,1H3,(H,32,33). The van der Waals surface area contributed by atoms with Crippen LogP contribution in [0.4, 0.5) is 0 Å². The highest BCUT2D eigenvalue weighted by atomic mass is 79.9. The zero-order valence-corrected chi connectivity index (χ0v) is 24.2. The van der Waals surface area contributed by atoms with Gasteiger partial charge in [-0.05, 0) is 36.5 Å². The minimum absolute atomic E-state index is 0.00423. The van der Waals surface area contributed by atoms with Crippen LogP contribution in [-0.4, -0.2) is 78.5 Å². The number of ether oxygens (including phenoxy) is 1. The normalized spacial score (nSPS) is 33.6. The van der Waals surface area contributed by atoms with Gasteiger partial charge in [-0.1, -0.05) is 39.2 Å². The number of amides is 4. The number of hydrogen-bond acceptors (Lipinski definition) is 7. The first-order valence-electron chi connectivity index (χ1n) is 12.0. The Balaban J connectivity index is 1.70. The maximum atomic E-state index is 13.8. The molecule has 2 saturated heterocycles. The molecular formula is C25H22BrCl3N2O8. The first-order valence-corrected chi connectivity index (χ1v) is 14.2. The number of hydrogen-bond donors (Lipinski definition) is 2. The number of carbonyl (C=O) groups excluding carboxylic acids is 4. The molecule has 2 aliphatic heterocycles. The van der Waals surface area contributed by atoms with Gasteiger partial charge in [0.25, 0.3) is 11.8 Å². The quantitative estimate of drug-likeness (QED) is 0.205. The molecule has 1 aromatic carbocycles. The molecule has 1 saturated carbocycles. The van der Waals surface area contributed by atoms with Gasteiger partial charge in [0, 0.05) is 12.5 Å². The number of aliphatic carboxylic acids is 1. The topological polar surface area (TPSA) is 142 Å². The van der Waals surface area contributed by atoms with Crippen LogP contribution in [-0.2, 0) is 24.0 Å². The highest BCUT2D eigenvalue weighted by Crippen LogP contribution is 2.66. The van der Waals surface area contributed by atoms with E-state index in [4.69, 9.17) is 44.6 Å². The molecule has 14 heteroatoms. The number of halogens is 4. The second-order valence-electron chi connectivity index (χ2n) is 10.0. The van der Waals surface area contributed by atoms with Gasteiger partial charge in [0.15, 0.2) is 21.2 Å². The molecule has 4 amide bonds. The van der Waals surface area contributed by atoms with Crippen LogP contribution in [0.15, 0.2) is 23.8 Å². The summed E-state index contributed by atoms with van der Waals surface area (Å²) in [5, 5.41) is 19.3. The van der Waals surface area contributed by atoms with Crippen molar-refractivity contribution in [3.63, 3.8) is 0 Å². The predicted molar refractivity (Wildman–Crippen MR) is 142 cm³/mol. The largest absolute Gasteiger partial charge is 0.503 e. The van der Waals surface area contributed by atoms with Crippen molar-refractivity contribution in [2.75, 3.05) is 19.1 Å². The number of rotatable bonds is 6. The molecule has 0 bridgehead atoms. The molecule has 4 aliphatic rings. The van der Waals surface area contributed by atoms with Crippen molar-refractivity contribution >= 4 is 80.3 Å². The number of fused-ring (bicyclic) bond motifs is 4. The van der Waals surface area contributed by atoms with Gasteiger partial charge in [-0.25, -0.2) is 0 Å². The third-order valence-electron chi connectivity index (χ3n) is 8.26. The molecule has 6 atom stereocenters. The first kappa shape index (κ1) is 28.2. The summed E-state index contributed by atoms with van der Waals surface area (Å²) in [5.74, 6) is -7.59. The first-order chi connectivity index (χ1) is 18.3. The molecule has 10 nitrogen and oxygen atoms in total. The minimum atomic E-state index is -2.03. The molecule has 3 fully saturated rings. The summed E-state index contributed by atoms with van der Waals surface area (Å²) in [7, 11) is 1.32. The Labute approximate surface area is 245 Å². The van der Waals surface area contributed by atoms with Crippen molar-refractivity contribution in [2.45, 2.75) is 34.9 Å². The summed E-state index contributed by atoms with van der Waals surface area (Å²) in [4.78, 5) is 63.1. The second kappa shape index (κ2) is 9.64. The number of carbonyl (C=O) groups is 5. The number of imide groups is 2. The molecule has 0 radical (unpaired) electrons. The molecule has 2 aliphatic carbocycles. The summed E-state index contributed by atoms with van der Waals surface area (Å²) >= 11 is 23.7. The van der Waals surface area contributed by atoms with E-state index in [1.165, 1.54) is 19.2 Å². The van der Waals surface area contributed by atoms with Gasteiger partial charge >= 0.3 is 5.97 Å². The van der Waals surface area contributed by atoms with Crippen LogP contribution >= 0.6 is 50.7 Å². The van der Waals surface area contributed by atoms with E-state index >= 15 is 0 Å². The number of carboxylic acids is 1. The van der Waals surface area contributed by atoms with E-state index < -0.39 is 69.4 Å². The van der Waals surface area contributed by atoms with Crippen molar-refractivity contribution in [3.05, 3.63) is 34.4 Å². The molecule has 2 N–H and O–H groups in total. The summed E-state index contributed by atoms with van der Waals surface area (Å²) in [5.41, 5.74) is 0.683. The molecule has 1 aromatic rings. The van der Waals surface area contributed by atoms with Gasteiger partial charge in [-0.3, -0.25) is 33.8 Å². The summed E-state index contributed by atoms with van der Waals surface area (Å²) in [6.07, 6.45) is 1.26. The number of alkyl halides is 3. The third-order valence-corrected chi connectivity index (χ3v) is 10.5. The van der Waals surface area contributed by atoms with Gasteiger partial charge in [0.2, 0.25) is 11.8 Å². The van der Waals surface area contributed by atoms with E-state index in [2.05, 4.69) is 15.9 Å². The lowest BCUT2D eigenvalue weighted by molar-refractivity contribution is -0.143. The number of likely N-dealkylation sites (tertiary alicyclic amines) is 2. The Morgan fingerprint density at radius 2 is 1.82 bits per heavy atom. The van der Waals surface area contributed by atoms with Gasteiger partial charge in [0.05, 0.1) is 35.8 Å². The number of phenolic OH excluding ortho intramolecular Hbond substituents is 1. The van der Waals surface area contributed by atoms with Crippen LogP contribution in [0.25, 0.3) is 0 Å². The Bertz CT molecular complexity index is 1370. The predicted octanol–water partition coefficient (Wildman–Crippen LogP) is 3.24. The Morgan fingerprint density at radius 1 is 1.13 bits per heavy atom. The number of methoxy groups -OCH3 is 1. The van der Waals surface area contributed by atoms with E-state index in [9.17, 15) is 29.1 Å². The SMILES string of the molecule is COc1cc(C2C3=CCC4C(=O)N(CCC(=O)O)C(=O)C4C3CC3(Cl)C(=O)N(CBr)C(=O)C23Cl)cc(Cl)c1O. The summed E-state index contributed by atoms with van der Waals surface area (Å²) < 4.78 is 5.26. The van der Waals surface area contributed by atoms with E-state index in [0.717, 1.165) is 9.80 Å². The van der Waals surface area contributed by atoms with Crippen LogP contribution in [0.2, 0.25) is 5.02 Å². The van der Waals surface area contributed by atoms with Crippen LogP contribution in [0.5, 0.6) is 11.5 Å². The van der Waals surface area contributed by atoms with Crippen molar-refractivity contribution < 1.29 is 38.9 Å². The molecule has 0 aromatic heterocycles. The molecule has 208 valence electrons. The molecule has 2 heterocycles. The average molecular weight is 665 g/mol. The summed E-state index contributed by atoms with van der Waals surface area (Å²) in [6.45, 7) is -0.281. The fourth-order valence-corrected chi connectivity index (χ4v) is 8.18. The molecule has 39 heavy (non-hydrogen) atoms. The lowest BCUT2D eigenvalue weighted by Gasteiger charge is -2.50. The number of carboxylic acid groups (broad SMARTS) is 1.